The zero-order valence-corrected chi connectivity index (χ0v) is 12.1. The van der Waals surface area contributed by atoms with Crippen molar-refractivity contribution in [2.24, 2.45) is 11.1 Å². The molecule has 2 N–H and O–H groups in total. The van der Waals surface area contributed by atoms with Crippen LogP contribution in [-0.4, -0.2) is 24.0 Å². The first-order chi connectivity index (χ1) is 8.57. The number of nitrogens with two attached hydrogens (primary N) is 1. The van der Waals surface area contributed by atoms with Gasteiger partial charge in [0.15, 0.2) is 0 Å². The van der Waals surface area contributed by atoms with Crippen molar-refractivity contribution >= 4 is 27.4 Å². The van der Waals surface area contributed by atoms with Crippen LogP contribution in [-0.2, 0) is 0 Å². The fourth-order valence-corrected chi connectivity index (χ4v) is 2.94. The molecule has 0 saturated heterocycles. The Kier molecular flexibility index (Phi) is 3.88. The maximum Gasteiger partial charge on any atom is 0.119 e. The summed E-state index contributed by atoms with van der Waals surface area (Å²) >= 11 is 1.58. The standard InChI is InChI=1S/C14H21N3S/c1-4-17(10-14(2,3)9-15)13-11-7-5-6-8-12(11)16-18-13/h5-8H,4,9-10,15H2,1-3H3. The molecule has 0 unspecified atom stereocenters. The molecule has 1 heterocycles. The van der Waals surface area contributed by atoms with Crippen molar-refractivity contribution in [3.05, 3.63) is 24.3 Å². The van der Waals surface area contributed by atoms with Gasteiger partial charge in [-0.3, -0.25) is 0 Å². The van der Waals surface area contributed by atoms with Crippen LogP contribution in [0, 0.1) is 5.41 Å². The van der Waals surface area contributed by atoms with Gasteiger partial charge >= 0.3 is 0 Å². The third-order valence-electron chi connectivity index (χ3n) is 3.21. The van der Waals surface area contributed by atoms with Gasteiger partial charge in [-0.1, -0.05) is 26.0 Å². The molecule has 98 valence electrons. The van der Waals surface area contributed by atoms with Crippen LogP contribution in [0.5, 0.6) is 0 Å². The first kappa shape index (κ1) is 13.3. The van der Waals surface area contributed by atoms with Crippen molar-refractivity contribution in [2.45, 2.75) is 20.8 Å². The Morgan fingerprint density at radius 1 is 1.33 bits per heavy atom. The number of benzene rings is 1. The Hall–Kier alpha value is -1.13. The summed E-state index contributed by atoms with van der Waals surface area (Å²) in [5.41, 5.74) is 7.05. The SMILES string of the molecule is CCN(CC(C)(C)CN)c1snc2ccccc12. The minimum Gasteiger partial charge on any atom is -0.361 e. The number of aromatic nitrogens is 1. The predicted octanol–water partition coefficient (Wildman–Crippen LogP) is 3.11. The van der Waals surface area contributed by atoms with Crippen LogP contribution in [0.3, 0.4) is 0 Å². The van der Waals surface area contributed by atoms with Crippen molar-refractivity contribution in [1.29, 1.82) is 0 Å². The first-order valence-corrected chi connectivity index (χ1v) is 7.14. The van der Waals surface area contributed by atoms with Crippen LogP contribution in [0.2, 0.25) is 0 Å². The summed E-state index contributed by atoms with van der Waals surface area (Å²) in [6.45, 7) is 9.24. The number of hydrogen-bond acceptors (Lipinski definition) is 4. The topological polar surface area (TPSA) is 42.1 Å². The molecule has 0 atom stereocenters. The lowest BCUT2D eigenvalue weighted by atomic mass is 9.93. The summed E-state index contributed by atoms with van der Waals surface area (Å²) in [5.74, 6) is 0. The molecule has 0 spiro atoms. The van der Waals surface area contributed by atoms with Crippen LogP contribution in [0.25, 0.3) is 10.9 Å². The molecule has 2 rings (SSSR count). The minimum atomic E-state index is 0.126. The normalized spacial score (nSPS) is 12.0. The zero-order valence-electron chi connectivity index (χ0n) is 11.3. The first-order valence-electron chi connectivity index (χ1n) is 6.37. The third-order valence-corrected chi connectivity index (χ3v) is 4.14. The fourth-order valence-electron chi connectivity index (χ4n) is 2.01. The molecule has 0 aliphatic heterocycles. The lowest BCUT2D eigenvalue weighted by Gasteiger charge is -2.31. The number of anilines is 1. The number of hydrogen-bond donors (Lipinski definition) is 1. The monoisotopic (exact) mass is 263 g/mol. The van der Waals surface area contributed by atoms with E-state index < -0.39 is 0 Å². The van der Waals surface area contributed by atoms with E-state index in [0.717, 1.165) is 18.6 Å². The van der Waals surface area contributed by atoms with Crippen LogP contribution < -0.4 is 10.6 Å². The minimum absolute atomic E-state index is 0.126. The second-order valence-corrected chi connectivity index (χ2v) is 6.14. The molecule has 0 bridgehead atoms. The maximum absolute atomic E-state index is 5.84. The molecular weight excluding hydrogens is 242 g/mol. The molecule has 0 fully saturated rings. The molecule has 1 aromatic carbocycles. The van der Waals surface area contributed by atoms with Crippen molar-refractivity contribution in [2.75, 3.05) is 24.5 Å². The van der Waals surface area contributed by atoms with E-state index in [-0.39, 0.29) is 5.41 Å². The van der Waals surface area contributed by atoms with Gasteiger partial charge in [-0.25, -0.2) is 0 Å². The molecule has 0 aliphatic carbocycles. The van der Waals surface area contributed by atoms with Crippen LogP contribution >= 0.6 is 11.5 Å². The molecule has 1 aromatic heterocycles. The Morgan fingerprint density at radius 2 is 2.06 bits per heavy atom. The third kappa shape index (κ3) is 2.65. The molecule has 0 aliphatic rings. The summed E-state index contributed by atoms with van der Waals surface area (Å²) in [5, 5.41) is 2.51. The summed E-state index contributed by atoms with van der Waals surface area (Å²) in [6.07, 6.45) is 0. The smallest absolute Gasteiger partial charge is 0.119 e. The molecule has 0 saturated carbocycles. The van der Waals surface area contributed by atoms with Crippen molar-refractivity contribution in [1.82, 2.24) is 4.37 Å². The Morgan fingerprint density at radius 3 is 2.72 bits per heavy atom. The Bertz CT molecular complexity index is 518. The van der Waals surface area contributed by atoms with E-state index in [1.807, 2.05) is 6.07 Å². The molecule has 18 heavy (non-hydrogen) atoms. The molecule has 2 aromatic rings. The molecule has 4 heteroatoms. The largest absolute Gasteiger partial charge is 0.361 e. The predicted molar refractivity (Wildman–Crippen MR) is 80.3 cm³/mol. The number of fused-ring (bicyclic) bond motifs is 1. The highest BCUT2D eigenvalue weighted by molar-refractivity contribution is 7.11. The summed E-state index contributed by atoms with van der Waals surface area (Å²) in [7, 11) is 0. The second-order valence-electron chi connectivity index (χ2n) is 5.39. The van der Waals surface area contributed by atoms with Gasteiger partial charge in [-0.15, -0.1) is 0 Å². The van der Waals surface area contributed by atoms with E-state index in [1.54, 1.807) is 11.5 Å². The fraction of sp³-hybridized carbons (Fsp3) is 0.500. The second kappa shape index (κ2) is 5.24. The summed E-state index contributed by atoms with van der Waals surface area (Å²) in [4.78, 5) is 2.38. The van der Waals surface area contributed by atoms with Gasteiger partial charge in [0.25, 0.3) is 0 Å². The van der Waals surface area contributed by atoms with Gasteiger partial charge in [0, 0.05) is 18.5 Å². The quantitative estimate of drug-likeness (QED) is 0.901. The van der Waals surface area contributed by atoms with Gasteiger partial charge in [0.2, 0.25) is 0 Å². The Labute approximate surface area is 113 Å². The van der Waals surface area contributed by atoms with Gasteiger partial charge in [0.1, 0.15) is 5.00 Å². The maximum atomic E-state index is 5.84. The number of rotatable bonds is 5. The van der Waals surface area contributed by atoms with Crippen LogP contribution in [0.15, 0.2) is 24.3 Å². The van der Waals surface area contributed by atoms with E-state index in [4.69, 9.17) is 5.73 Å². The lowest BCUT2D eigenvalue weighted by molar-refractivity contribution is 0.381. The van der Waals surface area contributed by atoms with Gasteiger partial charge in [-0.05, 0) is 42.5 Å². The number of nitrogens with zero attached hydrogens (tertiary/aromatic N) is 2. The summed E-state index contributed by atoms with van der Waals surface area (Å²) < 4.78 is 4.51. The van der Waals surface area contributed by atoms with Crippen molar-refractivity contribution < 1.29 is 0 Å². The van der Waals surface area contributed by atoms with E-state index in [1.165, 1.54) is 10.4 Å². The van der Waals surface area contributed by atoms with Crippen molar-refractivity contribution in [3.8, 4) is 0 Å². The Balaban J connectivity index is 2.33. The van der Waals surface area contributed by atoms with E-state index in [2.05, 4.69) is 48.2 Å². The van der Waals surface area contributed by atoms with Gasteiger partial charge < -0.3 is 10.6 Å². The van der Waals surface area contributed by atoms with Crippen molar-refractivity contribution in [3.63, 3.8) is 0 Å². The van der Waals surface area contributed by atoms with Gasteiger partial charge in [-0.2, -0.15) is 4.37 Å². The van der Waals surface area contributed by atoms with Gasteiger partial charge in [0.05, 0.1) is 5.52 Å². The average molecular weight is 263 g/mol. The van der Waals surface area contributed by atoms with Crippen LogP contribution in [0.4, 0.5) is 5.00 Å². The highest BCUT2D eigenvalue weighted by atomic mass is 32.1. The highest BCUT2D eigenvalue weighted by Crippen LogP contribution is 2.32. The molecule has 0 radical (unpaired) electrons. The lowest BCUT2D eigenvalue weighted by Crippen LogP contribution is -2.38. The molecule has 0 amide bonds. The van der Waals surface area contributed by atoms with E-state index in [0.29, 0.717) is 6.54 Å². The van der Waals surface area contributed by atoms with E-state index >= 15 is 0 Å². The molecule has 3 nitrogen and oxygen atoms in total. The molecular formula is C14H21N3S. The highest BCUT2D eigenvalue weighted by Gasteiger charge is 2.21. The zero-order chi connectivity index (χ0) is 13.2. The average Bonchev–Trinajstić information content (AvgIpc) is 2.80. The summed E-state index contributed by atoms with van der Waals surface area (Å²) in [6, 6.07) is 8.32. The van der Waals surface area contributed by atoms with Crippen LogP contribution in [0.1, 0.15) is 20.8 Å². The van der Waals surface area contributed by atoms with E-state index in [9.17, 15) is 0 Å².